The smallest absolute Gasteiger partial charge is 0.295 e. The molecule has 194 valence electrons. The Morgan fingerprint density at radius 1 is 1.05 bits per heavy atom. The van der Waals surface area contributed by atoms with Crippen LogP contribution in [0.2, 0.25) is 0 Å². The zero-order valence-corrected chi connectivity index (χ0v) is 20.0. The summed E-state index contributed by atoms with van der Waals surface area (Å²) in [7, 11) is 0. The quantitative estimate of drug-likeness (QED) is 0.313. The van der Waals surface area contributed by atoms with E-state index in [2.05, 4.69) is 20.1 Å². The van der Waals surface area contributed by atoms with Gasteiger partial charge in [-0.3, -0.25) is 0 Å². The van der Waals surface area contributed by atoms with Crippen LogP contribution in [0.25, 0.3) is 39.0 Å². The normalized spacial score (nSPS) is 19.6. The topological polar surface area (TPSA) is 118 Å². The first-order chi connectivity index (χ1) is 18.5. The van der Waals surface area contributed by atoms with Crippen LogP contribution in [0.5, 0.6) is 6.01 Å². The first-order valence-corrected chi connectivity index (χ1v) is 12.0. The molecule has 3 aromatic carbocycles. The van der Waals surface area contributed by atoms with Crippen LogP contribution in [-0.2, 0) is 4.74 Å². The third-order valence-corrected chi connectivity index (χ3v) is 6.59. The van der Waals surface area contributed by atoms with Crippen molar-refractivity contribution in [3.63, 3.8) is 0 Å². The zero-order chi connectivity index (χ0) is 26.2. The molecule has 38 heavy (non-hydrogen) atoms. The summed E-state index contributed by atoms with van der Waals surface area (Å²) in [6.07, 6.45) is 1.14. The van der Waals surface area contributed by atoms with E-state index in [9.17, 15) is 10.2 Å². The lowest BCUT2D eigenvalue weighted by molar-refractivity contribution is -0.131. The van der Waals surface area contributed by atoms with Crippen molar-refractivity contribution in [1.29, 1.82) is 0 Å². The SMILES string of the molecule is OC[C@H]1OC[C@H](Oc2nc3c(F)c(-c4ccc(-c5ccc(-n6cncn6)cc5)cc4)c(F)cc3[nH]2)C[C@@H]1O. The average Bonchev–Trinajstić information content (AvgIpc) is 3.60. The van der Waals surface area contributed by atoms with Crippen molar-refractivity contribution in [3.05, 3.63) is 78.9 Å². The number of aromatic nitrogens is 5. The number of halogens is 2. The van der Waals surface area contributed by atoms with Crippen molar-refractivity contribution in [2.24, 2.45) is 0 Å². The van der Waals surface area contributed by atoms with Gasteiger partial charge in [-0.2, -0.15) is 10.1 Å². The van der Waals surface area contributed by atoms with E-state index in [0.717, 1.165) is 16.8 Å². The number of aliphatic hydroxyl groups is 2. The average molecular weight is 520 g/mol. The Morgan fingerprint density at radius 3 is 2.42 bits per heavy atom. The number of benzene rings is 3. The number of hydrogen-bond donors (Lipinski definition) is 3. The molecule has 1 aliphatic rings. The second-order valence-corrected chi connectivity index (χ2v) is 9.05. The molecule has 9 nitrogen and oxygen atoms in total. The molecule has 1 saturated heterocycles. The van der Waals surface area contributed by atoms with Gasteiger partial charge in [-0.05, 0) is 28.8 Å². The fourth-order valence-corrected chi connectivity index (χ4v) is 4.60. The Bertz CT molecular complexity index is 1560. The highest BCUT2D eigenvalue weighted by atomic mass is 19.1. The lowest BCUT2D eigenvalue weighted by Gasteiger charge is -2.31. The van der Waals surface area contributed by atoms with Crippen molar-refractivity contribution >= 4 is 11.0 Å². The minimum atomic E-state index is -0.904. The van der Waals surface area contributed by atoms with Crippen molar-refractivity contribution < 1.29 is 28.5 Å². The first kappa shape index (κ1) is 24.2. The van der Waals surface area contributed by atoms with Crippen molar-refractivity contribution in [1.82, 2.24) is 24.7 Å². The summed E-state index contributed by atoms with van der Waals surface area (Å²) in [5.74, 6) is -1.55. The predicted molar refractivity (Wildman–Crippen MR) is 134 cm³/mol. The van der Waals surface area contributed by atoms with Crippen LogP contribution in [0, 0.1) is 11.6 Å². The molecule has 3 heterocycles. The lowest BCUT2D eigenvalue weighted by atomic mass is 9.99. The van der Waals surface area contributed by atoms with Crippen molar-refractivity contribution in [2.45, 2.75) is 24.7 Å². The van der Waals surface area contributed by atoms with Crippen LogP contribution in [0.1, 0.15) is 6.42 Å². The molecule has 0 radical (unpaired) electrons. The second-order valence-electron chi connectivity index (χ2n) is 9.05. The molecule has 0 unspecified atom stereocenters. The lowest BCUT2D eigenvalue weighted by Crippen LogP contribution is -2.45. The Labute approximate surface area is 215 Å². The van der Waals surface area contributed by atoms with Gasteiger partial charge in [0, 0.05) is 12.5 Å². The summed E-state index contributed by atoms with van der Waals surface area (Å²) in [6.45, 7) is -0.181. The van der Waals surface area contributed by atoms with Gasteiger partial charge in [0.2, 0.25) is 0 Å². The summed E-state index contributed by atoms with van der Waals surface area (Å²) < 4.78 is 43.3. The van der Waals surface area contributed by atoms with Gasteiger partial charge < -0.3 is 24.7 Å². The van der Waals surface area contributed by atoms with E-state index in [0.29, 0.717) is 5.56 Å². The van der Waals surface area contributed by atoms with E-state index in [1.807, 2.05) is 24.3 Å². The molecule has 0 spiro atoms. The minimum absolute atomic E-state index is 0.0108. The van der Waals surface area contributed by atoms with Gasteiger partial charge in [0.05, 0.1) is 36.1 Å². The minimum Gasteiger partial charge on any atom is -0.459 e. The molecule has 0 amide bonds. The molecule has 11 heteroatoms. The van der Waals surface area contributed by atoms with E-state index in [1.165, 1.54) is 12.4 Å². The summed E-state index contributed by atoms with van der Waals surface area (Å²) in [5.41, 5.74) is 2.96. The van der Waals surface area contributed by atoms with Gasteiger partial charge in [-0.25, -0.2) is 18.4 Å². The van der Waals surface area contributed by atoms with Gasteiger partial charge in [0.25, 0.3) is 6.01 Å². The molecular weight excluding hydrogens is 496 g/mol. The summed E-state index contributed by atoms with van der Waals surface area (Å²) in [5, 5.41) is 23.3. The molecular formula is C27H23F2N5O4. The van der Waals surface area contributed by atoms with Crippen LogP contribution in [0.3, 0.4) is 0 Å². The van der Waals surface area contributed by atoms with Crippen molar-refractivity contribution in [2.75, 3.05) is 13.2 Å². The number of ether oxygens (including phenoxy) is 2. The standard InChI is InChI=1S/C27H23F2N5O4/c28-20-10-21-26(33-27(32-21)38-19-9-22(36)23(11-35)37-12-19)25(29)24(20)17-3-1-15(2-4-17)16-5-7-18(8-6-16)34-14-30-13-31-34/h1-8,10,13-14,19,22-23,35-36H,9,11-12H2,(H,32,33)/t19-,22+,23-/m1/s1. The van der Waals surface area contributed by atoms with E-state index in [4.69, 9.17) is 9.47 Å². The number of aliphatic hydroxyl groups excluding tert-OH is 2. The van der Waals surface area contributed by atoms with E-state index in [-0.39, 0.29) is 42.2 Å². The highest BCUT2D eigenvalue weighted by Gasteiger charge is 2.31. The maximum absolute atomic E-state index is 15.5. The second kappa shape index (κ2) is 9.93. The molecule has 6 rings (SSSR count). The number of nitrogens with one attached hydrogen (secondary N) is 1. The monoisotopic (exact) mass is 519 g/mol. The largest absolute Gasteiger partial charge is 0.459 e. The number of rotatable bonds is 6. The highest BCUT2D eigenvalue weighted by Crippen LogP contribution is 2.34. The molecule has 3 atom stereocenters. The number of nitrogens with zero attached hydrogens (tertiary/aromatic N) is 4. The van der Waals surface area contributed by atoms with Gasteiger partial charge in [0.15, 0.2) is 5.82 Å². The van der Waals surface area contributed by atoms with Crippen LogP contribution < -0.4 is 4.74 Å². The summed E-state index contributed by atoms with van der Waals surface area (Å²) in [4.78, 5) is 10.9. The number of fused-ring (bicyclic) bond motifs is 1. The van der Waals surface area contributed by atoms with Crippen molar-refractivity contribution in [3.8, 4) is 34.0 Å². The molecule has 0 bridgehead atoms. The van der Waals surface area contributed by atoms with Gasteiger partial charge >= 0.3 is 0 Å². The summed E-state index contributed by atoms with van der Waals surface area (Å²) in [6, 6.07) is 15.8. The number of hydrogen-bond acceptors (Lipinski definition) is 7. The number of aromatic amines is 1. The van der Waals surface area contributed by atoms with E-state index in [1.54, 1.807) is 35.3 Å². The molecule has 0 aliphatic carbocycles. The Hall–Kier alpha value is -4.19. The first-order valence-electron chi connectivity index (χ1n) is 12.0. The van der Waals surface area contributed by atoms with E-state index >= 15 is 8.78 Å². The number of imidazole rings is 1. The fraction of sp³-hybridized carbons (Fsp3) is 0.222. The molecule has 2 aromatic heterocycles. The van der Waals surface area contributed by atoms with Crippen LogP contribution in [0.15, 0.2) is 67.3 Å². The van der Waals surface area contributed by atoms with Gasteiger partial charge in [-0.15, -0.1) is 0 Å². The Kier molecular flexibility index (Phi) is 6.32. The zero-order valence-electron chi connectivity index (χ0n) is 20.0. The Balaban J connectivity index is 1.23. The van der Waals surface area contributed by atoms with Crippen LogP contribution >= 0.6 is 0 Å². The molecule has 3 N–H and O–H groups in total. The summed E-state index contributed by atoms with van der Waals surface area (Å²) >= 11 is 0. The molecule has 1 fully saturated rings. The molecule has 1 aliphatic heterocycles. The predicted octanol–water partition coefficient (Wildman–Crippen LogP) is 3.65. The third kappa shape index (κ3) is 4.51. The molecule has 0 saturated carbocycles. The van der Waals surface area contributed by atoms with Gasteiger partial charge in [-0.1, -0.05) is 36.4 Å². The maximum atomic E-state index is 15.5. The van der Waals surface area contributed by atoms with E-state index < -0.39 is 29.9 Å². The Morgan fingerprint density at radius 2 is 1.76 bits per heavy atom. The van der Waals surface area contributed by atoms with Crippen LogP contribution in [-0.4, -0.2) is 66.5 Å². The molecule has 5 aromatic rings. The van der Waals surface area contributed by atoms with Gasteiger partial charge in [0.1, 0.15) is 36.2 Å². The fourth-order valence-electron chi connectivity index (χ4n) is 4.60. The highest BCUT2D eigenvalue weighted by molar-refractivity contribution is 5.84. The third-order valence-electron chi connectivity index (χ3n) is 6.59. The number of H-pyrrole nitrogens is 1. The maximum Gasteiger partial charge on any atom is 0.295 e. The van der Waals surface area contributed by atoms with Crippen LogP contribution in [0.4, 0.5) is 8.78 Å².